The minimum Gasteiger partial charge on any atom is -0.497 e. The Morgan fingerprint density at radius 2 is 1.74 bits per heavy atom. The maximum atomic E-state index is 10.4. The van der Waals surface area contributed by atoms with Crippen LogP contribution in [0.5, 0.6) is 5.75 Å². The normalized spacial score (nSPS) is 26.7. The third-order valence-corrected chi connectivity index (χ3v) is 4.57. The molecule has 0 aliphatic heterocycles. The van der Waals surface area contributed by atoms with E-state index >= 15 is 0 Å². The van der Waals surface area contributed by atoms with Crippen LogP contribution in [0.2, 0.25) is 0 Å². The molecule has 0 unspecified atom stereocenters. The van der Waals surface area contributed by atoms with Gasteiger partial charge in [-0.1, -0.05) is 30.3 Å². The third kappa shape index (κ3) is 1.41. The maximum Gasteiger partial charge on any atom is 0.119 e. The molecule has 1 N–H and O–H groups in total. The Balaban J connectivity index is 1.97. The second-order valence-corrected chi connectivity index (χ2v) is 5.46. The lowest BCUT2D eigenvalue weighted by atomic mass is 9.62. The van der Waals surface area contributed by atoms with Gasteiger partial charge in [0.1, 0.15) is 5.75 Å². The molecular formula is C17H16O2. The summed E-state index contributed by atoms with van der Waals surface area (Å²) in [5.41, 5.74) is 5.26. The molecule has 0 saturated heterocycles. The highest BCUT2D eigenvalue weighted by atomic mass is 16.5. The van der Waals surface area contributed by atoms with Gasteiger partial charge in [0.15, 0.2) is 0 Å². The summed E-state index contributed by atoms with van der Waals surface area (Å²) in [6.45, 7) is 0. The van der Waals surface area contributed by atoms with E-state index in [-0.39, 0.29) is 12.0 Å². The molecule has 5 rings (SSSR count). The number of aliphatic hydroxyl groups excluding tert-OH is 1. The van der Waals surface area contributed by atoms with Crippen molar-refractivity contribution in [3.63, 3.8) is 0 Å². The Hall–Kier alpha value is -1.80. The van der Waals surface area contributed by atoms with E-state index in [4.69, 9.17) is 4.74 Å². The summed E-state index contributed by atoms with van der Waals surface area (Å²) in [7, 11) is 1.69. The highest BCUT2D eigenvalue weighted by molar-refractivity contribution is 5.57. The van der Waals surface area contributed by atoms with Gasteiger partial charge in [-0.2, -0.15) is 0 Å². The van der Waals surface area contributed by atoms with Gasteiger partial charge in [0.2, 0.25) is 0 Å². The summed E-state index contributed by atoms with van der Waals surface area (Å²) in [4.78, 5) is 0. The van der Waals surface area contributed by atoms with Crippen LogP contribution in [0.25, 0.3) is 0 Å². The van der Waals surface area contributed by atoms with E-state index in [9.17, 15) is 5.11 Å². The van der Waals surface area contributed by atoms with E-state index < -0.39 is 0 Å². The molecule has 2 aromatic carbocycles. The number of hydrogen-bond donors (Lipinski definition) is 1. The molecule has 0 aromatic heterocycles. The Labute approximate surface area is 112 Å². The van der Waals surface area contributed by atoms with Crippen molar-refractivity contribution in [2.24, 2.45) is 0 Å². The Morgan fingerprint density at radius 3 is 2.53 bits per heavy atom. The highest BCUT2D eigenvalue weighted by Crippen LogP contribution is 2.53. The van der Waals surface area contributed by atoms with Crippen molar-refractivity contribution in [2.45, 2.75) is 24.4 Å². The van der Waals surface area contributed by atoms with E-state index in [0.717, 1.165) is 12.2 Å². The lowest BCUT2D eigenvalue weighted by molar-refractivity contribution is 0.124. The quantitative estimate of drug-likeness (QED) is 0.845. The molecule has 2 heteroatoms. The number of hydrogen-bond acceptors (Lipinski definition) is 2. The van der Waals surface area contributed by atoms with Crippen LogP contribution in [0.15, 0.2) is 42.5 Å². The molecule has 0 saturated carbocycles. The third-order valence-electron chi connectivity index (χ3n) is 4.57. The van der Waals surface area contributed by atoms with Crippen LogP contribution in [0.1, 0.15) is 40.5 Å². The zero-order valence-electron chi connectivity index (χ0n) is 10.8. The molecule has 2 aromatic rings. The standard InChI is InChI=1S/C17H16O2/c1-19-10-6-7-12-14-9-16(18)17(15(12)8-10)13-5-3-2-4-11(13)14/h2-8,14,16-18H,9H2,1H3/t14-,16+,17+/m0/s1. The second kappa shape index (κ2) is 3.84. The average molecular weight is 252 g/mol. The molecule has 3 aliphatic rings. The molecule has 3 atom stereocenters. The topological polar surface area (TPSA) is 29.5 Å². The first kappa shape index (κ1) is 11.1. The minimum absolute atomic E-state index is 0.103. The molecule has 0 radical (unpaired) electrons. The fourth-order valence-electron chi connectivity index (χ4n) is 3.76. The molecular weight excluding hydrogens is 236 g/mol. The smallest absolute Gasteiger partial charge is 0.119 e. The Morgan fingerprint density at radius 1 is 1.00 bits per heavy atom. The summed E-state index contributed by atoms with van der Waals surface area (Å²) in [5, 5.41) is 10.4. The van der Waals surface area contributed by atoms with Crippen LogP contribution in [-0.4, -0.2) is 18.3 Å². The molecule has 0 heterocycles. The van der Waals surface area contributed by atoms with E-state index in [1.165, 1.54) is 22.3 Å². The largest absolute Gasteiger partial charge is 0.497 e. The zero-order valence-corrected chi connectivity index (χ0v) is 10.8. The monoisotopic (exact) mass is 252 g/mol. The fraction of sp³-hybridized carbons (Fsp3) is 0.294. The number of rotatable bonds is 1. The minimum atomic E-state index is -0.278. The summed E-state index contributed by atoms with van der Waals surface area (Å²) >= 11 is 0. The molecule has 19 heavy (non-hydrogen) atoms. The fourth-order valence-corrected chi connectivity index (χ4v) is 3.76. The number of fused-ring (bicyclic) bond motifs is 1. The average Bonchev–Trinajstić information content (AvgIpc) is 2.46. The first-order valence-corrected chi connectivity index (χ1v) is 6.74. The first-order chi connectivity index (χ1) is 9.29. The van der Waals surface area contributed by atoms with Gasteiger partial charge >= 0.3 is 0 Å². The zero-order chi connectivity index (χ0) is 13.0. The van der Waals surface area contributed by atoms with Gasteiger partial charge in [0.25, 0.3) is 0 Å². The van der Waals surface area contributed by atoms with E-state index in [2.05, 4.69) is 36.4 Å². The van der Waals surface area contributed by atoms with Crippen molar-refractivity contribution < 1.29 is 9.84 Å². The summed E-state index contributed by atoms with van der Waals surface area (Å²) in [6, 6.07) is 14.8. The van der Waals surface area contributed by atoms with Crippen LogP contribution >= 0.6 is 0 Å². The van der Waals surface area contributed by atoms with Crippen LogP contribution in [0.3, 0.4) is 0 Å². The molecule has 96 valence electrons. The van der Waals surface area contributed by atoms with Gasteiger partial charge in [0.05, 0.1) is 13.2 Å². The lowest BCUT2D eigenvalue weighted by Gasteiger charge is -2.43. The number of methoxy groups -OCH3 is 1. The molecule has 0 fully saturated rings. The van der Waals surface area contributed by atoms with E-state index in [1.807, 2.05) is 6.07 Å². The summed E-state index contributed by atoms with van der Waals surface area (Å²) < 4.78 is 5.33. The Bertz CT molecular complexity index is 647. The van der Waals surface area contributed by atoms with Crippen molar-refractivity contribution in [1.82, 2.24) is 0 Å². The van der Waals surface area contributed by atoms with E-state index in [1.54, 1.807) is 7.11 Å². The molecule has 0 amide bonds. The van der Waals surface area contributed by atoms with Gasteiger partial charge < -0.3 is 9.84 Å². The predicted octanol–water partition coefficient (Wildman–Crippen LogP) is 3.04. The van der Waals surface area contributed by atoms with Crippen LogP contribution < -0.4 is 4.74 Å². The molecule has 2 bridgehead atoms. The number of benzene rings is 2. The second-order valence-electron chi connectivity index (χ2n) is 5.46. The van der Waals surface area contributed by atoms with Crippen LogP contribution in [-0.2, 0) is 0 Å². The molecule has 2 nitrogen and oxygen atoms in total. The van der Waals surface area contributed by atoms with Crippen LogP contribution in [0, 0.1) is 0 Å². The Kier molecular flexibility index (Phi) is 2.24. The predicted molar refractivity (Wildman–Crippen MR) is 73.7 cm³/mol. The van der Waals surface area contributed by atoms with Gasteiger partial charge in [-0.15, -0.1) is 0 Å². The van der Waals surface area contributed by atoms with Crippen molar-refractivity contribution in [2.75, 3.05) is 7.11 Å². The van der Waals surface area contributed by atoms with Crippen LogP contribution in [0.4, 0.5) is 0 Å². The number of aliphatic hydroxyl groups is 1. The SMILES string of the molecule is COc1ccc2c(c1)[C@H]1c3ccccc3[C@@H]2C[C@H]1O. The number of ether oxygens (including phenoxy) is 1. The highest BCUT2D eigenvalue weighted by Gasteiger charge is 2.42. The lowest BCUT2D eigenvalue weighted by Crippen LogP contribution is -2.35. The van der Waals surface area contributed by atoms with Gasteiger partial charge in [-0.3, -0.25) is 0 Å². The molecule has 0 spiro atoms. The van der Waals surface area contributed by atoms with Gasteiger partial charge in [0, 0.05) is 11.8 Å². The van der Waals surface area contributed by atoms with Crippen molar-refractivity contribution in [1.29, 1.82) is 0 Å². The maximum absolute atomic E-state index is 10.4. The molecule has 3 aliphatic carbocycles. The summed E-state index contributed by atoms with van der Waals surface area (Å²) in [6.07, 6.45) is 0.556. The van der Waals surface area contributed by atoms with Crippen molar-refractivity contribution >= 4 is 0 Å². The van der Waals surface area contributed by atoms with Gasteiger partial charge in [-0.25, -0.2) is 0 Å². The van der Waals surface area contributed by atoms with Crippen molar-refractivity contribution in [3.8, 4) is 5.75 Å². The van der Waals surface area contributed by atoms with E-state index in [0.29, 0.717) is 5.92 Å². The summed E-state index contributed by atoms with van der Waals surface area (Å²) in [5.74, 6) is 1.30. The van der Waals surface area contributed by atoms with Crippen molar-refractivity contribution in [3.05, 3.63) is 64.7 Å². The first-order valence-electron chi connectivity index (χ1n) is 6.74. The van der Waals surface area contributed by atoms with Gasteiger partial charge in [-0.05, 0) is 40.8 Å².